The number of rotatable bonds is 3. The predicted octanol–water partition coefficient (Wildman–Crippen LogP) is 2.97. The first kappa shape index (κ1) is 9.27. The molecule has 3 nitrogen and oxygen atoms in total. The Morgan fingerprint density at radius 1 is 1.43 bits per heavy atom. The van der Waals surface area contributed by atoms with Gasteiger partial charge in [-0.1, -0.05) is 0 Å². The van der Waals surface area contributed by atoms with Crippen LogP contribution in [0.5, 0.6) is 0 Å². The molecule has 74 valence electrons. The maximum absolute atomic E-state index is 5.43. The van der Waals surface area contributed by atoms with E-state index in [-0.39, 0.29) is 0 Å². The molecule has 0 bridgehead atoms. The van der Waals surface area contributed by atoms with Crippen molar-refractivity contribution >= 4 is 16.5 Å². The molecule has 0 aliphatic rings. The number of thiazole rings is 1. The van der Waals surface area contributed by atoms with Gasteiger partial charge in [0.2, 0.25) is 0 Å². The average molecular weight is 208 g/mol. The van der Waals surface area contributed by atoms with E-state index in [1.807, 2.05) is 31.4 Å². The molecular formula is C10H12N2OS. The van der Waals surface area contributed by atoms with Crippen molar-refractivity contribution in [1.29, 1.82) is 0 Å². The van der Waals surface area contributed by atoms with Crippen molar-refractivity contribution in [3.05, 3.63) is 34.7 Å². The largest absolute Gasteiger partial charge is 0.465 e. The van der Waals surface area contributed by atoms with Gasteiger partial charge in [-0.15, -0.1) is 11.3 Å². The van der Waals surface area contributed by atoms with Gasteiger partial charge in [0.25, 0.3) is 0 Å². The van der Waals surface area contributed by atoms with Gasteiger partial charge in [0, 0.05) is 5.38 Å². The minimum absolute atomic E-state index is 0.695. The molecule has 0 spiro atoms. The van der Waals surface area contributed by atoms with E-state index in [1.54, 1.807) is 11.3 Å². The van der Waals surface area contributed by atoms with Gasteiger partial charge in [-0.25, -0.2) is 4.98 Å². The molecule has 0 aliphatic heterocycles. The Kier molecular flexibility index (Phi) is 2.54. The molecule has 0 fully saturated rings. The number of nitrogens with one attached hydrogen (secondary N) is 1. The van der Waals surface area contributed by atoms with Gasteiger partial charge in [0.15, 0.2) is 5.13 Å². The highest BCUT2D eigenvalue weighted by molar-refractivity contribution is 7.13. The Balaban J connectivity index is 1.94. The van der Waals surface area contributed by atoms with Crippen molar-refractivity contribution < 1.29 is 4.42 Å². The number of hydrogen-bond acceptors (Lipinski definition) is 4. The summed E-state index contributed by atoms with van der Waals surface area (Å²) in [7, 11) is 0. The van der Waals surface area contributed by atoms with Crippen molar-refractivity contribution in [3.8, 4) is 0 Å². The third kappa shape index (κ3) is 2.14. The van der Waals surface area contributed by atoms with E-state index in [9.17, 15) is 0 Å². The topological polar surface area (TPSA) is 38.1 Å². The number of furan rings is 1. The summed E-state index contributed by atoms with van der Waals surface area (Å²) in [6.45, 7) is 4.62. The molecule has 0 aromatic carbocycles. The van der Waals surface area contributed by atoms with Crippen molar-refractivity contribution in [2.45, 2.75) is 20.4 Å². The lowest BCUT2D eigenvalue weighted by Crippen LogP contribution is -1.97. The van der Waals surface area contributed by atoms with E-state index in [0.29, 0.717) is 6.54 Å². The predicted molar refractivity (Wildman–Crippen MR) is 57.6 cm³/mol. The van der Waals surface area contributed by atoms with Crippen LogP contribution < -0.4 is 5.32 Å². The highest BCUT2D eigenvalue weighted by Crippen LogP contribution is 2.16. The Hall–Kier alpha value is -1.29. The van der Waals surface area contributed by atoms with Crippen LogP contribution >= 0.6 is 11.3 Å². The van der Waals surface area contributed by atoms with E-state index >= 15 is 0 Å². The van der Waals surface area contributed by atoms with E-state index < -0.39 is 0 Å². The third-order valence-electron chi connectivity index (χ3n) is 1.83. The van der Waals surface area contributed by atoms with E-state index in [1.165, 1.54) is 0 Å². The first-order valence-corrected chi connectivity index (χ1v) is 5.33. The van der Waals surface area contributed by atoms with Gasteiger partial charge in [-0.2, -0.15) is 0 Å². The van der Waals surface area contributed by atoms with Crippen LogP contribution in [0.2, 0.25) is 0 Å². The fourth-order valence-electron chi connectivity index (χ4n) is 1.18. The molecule has 0 unspecified atom stereocenters. The molecule has 0 radical (unpaired) electrons. The quantitative estimate of drug-likeness (QED) is 0.842. The van der Waals surface area contributed by atoms with Crippen LogP contribution in [-0.4, -0.2) is 4.98 Å². The number of hydrogen-bond donors (Lipinski definition) is 1. The smallest absolute Gasteiger partial charge is 0.183 e. The number of anilines is 1. The molecule has 0 saturated heterocycles. The number of aryl methyl sites for hydroxylation is 2. The zero-order chi connectivity index (χ0) is 9.97. The van der Waals surface area contributed by atoms with Crippen molar-refractivity contribution in [2.75, 3.05) is 5.32 Å². The van der Waals surface area contributed by atoms with E-state index in [0.717, 1.165) is 22.3 Å². The lowest BCUT2D eigenvalue weighted by Gasteiger charge is -1.98. The first-order valence-electron chi connectivity index (χ1n) is 4.45. The summed E-state index contributed by atoms with van der Waals surface area (Å²) in [6.07, 6.45) is 0. The van der Waals surface area contributed by atoms with Gasteiger partial charge >= 0.3 is 0 Å². The summed E-state index contributed by atoms with van der Waals surface area (Å²) in [5, 5.41) is 6.17. The van der Waals surface area contributed by atoms with Gasteiger partial charge in [0.05, 0.1) is 12.2 Å². The standard InChI is InChI=1S/C10H12N2OS/c1-7-6-14-10(12-7)11-5-9-4-3-8(2)13-9/h3-4,6H,5H2,1-2H3,(H,11,12). The summed E-state index contributed by atoms with van der Waals surface area (Å²) >= 11 is 1.61. The molecule has 2 rings (SSSR count). The molecule has 0 amide bonds. The summed E-state index contributed by atoms with van der Waals surface area (Å²) in [4.78, 5) is 4.30. The molecule has 2 heterocycles. The Morgan fingerprint density at radius 2 is 2.29 bits per heavy atom. The molecule has 0 saturated carbocycles. The second kappa shape index (κ2) is 3.84. The molecule has 2 aromatic rings. The maximum atomic E-state index is 5.43. The monoisotopic (exact) mass is 208 g/mol. The van der Waals surface area contributed by atoms with Crippen LogP contribution in [0.15, 0.2) is 21.9 Å². The molecule has 1 N–H and O–H groups in total. The second-order valence-corrected chi connectivity index (χ2v) is 4.02. The summed E-state index contributed by atoms with van der Waals surface area (Å²) in [5.41, 5.74) is 1.05. The van der Waals surface area contributed by atoms with Crippen LogP contribution in [0.25, 0.3) is 0 Å². The SMILES string of the molecule is Cc1csc(NCc2ccc(C)o2)n1. The van der Waals surface area contributed by atoms with Crippen molar-refractivity contribution in [2.24, 2.45) is 0 Å². The van der Waals surface area contributed by atoms with Gasteiger partial charge < -0.3 is 9.73 Å². The summed E-state index contributed by atoms with van der Waals surface area (Å²) in [6, 6.07) is 3.94. The zero-order valence-corrected chi connectivity index (χ0v) is 9.02. The van der Waals surface area contributed by atoms with Crippen molar-refractivity contribution in [1.82, 2.24) is 4.98 Å². The zero-order valence-electron chi connectivity index (χ0n) is 8.20. The van der Waals surface area contributed by atoms with E-state index in [4.69, 9.17) is 4.42 Å². The molecule has 2 aromatic heterocycles. The fourth-order valence-corrected chi connectivity index (χ4v) is 1.87. The van der Waals surface area contributed by atoms with Crippen molar-refractivity contribution in [3.63, 3.8) is 0 Å². The van der Waals surface area contributed by atoms with Crippen LogP contribution in [0, 0.1) is 13.8 Å². The second-order valence-electron chi connectivity index (χ2n) is 3.16. The molecular weight excluding hydrogens is 196 g/mol. The Morgan fingerprint density at radius 3 is 2.86 bits per heavy atom. The first-order chi connectivity index (χ1) is 6.74. The third-order valence-corrected chi connectivity index (χ3v) is 2.75. The van der Waals surface area contributed by atoms with Crippen LogP contribution in [0.3, 0.4) is 0 Å². The average Bonchev–Trinajstić information content (AvgIpc) is 2.72. The van der Waals surface area contributed by atoms with Gasteiger partial charge in [-0.3, -0.25) is 0 Å². The number of aromatic nitrogens is 1. The summed E-state index contributed by atoms with van der Waals surface area (Å²) in [5.74, 6) is 1.88. The van der Waals surface area contributed by atoms with Gasteiger partial charge in [-0.05, 0) is 26.0 Å². The van der Waals surface area contributed by atoms with Crippen LogP contribution in [0.4, 0.5) is 5.13 Å². The maximum Gasteiger partial charge on any atom is 0.183 e. The van der Waals surface area contributed by atoms with Gasteiger partial charge in [0.1, 0.15) is 11.5 Å². The minimum atomic E-state index is 0.695. The molecule has 14 heavy (non-hydrogen) atoms. The van der Waals surface area contributed by atoms with Crippen LogP contribution in [-0.2, 0) is 6.54 Å². The number of nitrogens with zero attached hydrogens (tertiary/aromatic N) is 1. The normalized spacial score (nSPS) is 10.4. The minimum Gasteiger partial charge on any atom is -0.465 e. The fraction of sp³-hybridized carbons (Fsp3) is 0.300. The molecule has 4 heteroatoms. The Labute approximate surface area is 86.8 Å². The lowest BCUT2D eigenvalue weighted by atomic mass is 10.4. The highest BCUT2D eigenvalue weighted by Gasteiger charge is 2.00. The van der Waals surface area contributed by atoms with Crippen LogP contribution in [0.1, 0.15) is 17.2 Å². The Bertz CT molecular complexity index is 379. The van der Waals surface area contributed by atoms with E-state index in [2.05, 4.69) is 10.3 Å². The molecule has 0 aliphatic carbocycles. The lowest BCUT2D eigenvalue weighted by molar-refractivity contribution is 0.490. The highest BCUT2D eigenvalue weighted by atomic mass is 32.1. The summed E-state index contributed by atoms with van der Waals surface area (Å²) < 4.78 is 5.43. The molecule has 0 atom stereocenters.